The molecule has 3 rings (SSSR count). The molecule has 0 spiro atoms. The summed E-state index contributed by atoms with van der Waals surface area (Å²) in [4.78, 5) is 15.5. The number of nitrogens with zero attached hydrogens (tertiary/aromatic N) is 2. The summed E-state index contributed by atoms with van der Waals surface area (Å²) < 4.78 is 2.34. The van der Waals surface area contributed by atoms with E-state index in [9.17, 15) is 4.79 Å². The van der Waals surface area contributed by atoms with Gasteiger partial charge >= 0.3 is 5.97 Å². The van der Waals surface area contributed by atoms with Gasteiger partial charge in [-0.3, -0.25) is 4.79 Å². The number of hydrogen-bond acceptors (Lipinski definition) is 2. The van der Waals surface area contributed by atoms with Gasteiger partial charge in [0, 0.05) is 18.2 Å². The van der Waals surface area contributed by atoms with Crippen LogP contribution in [-0.2, 0) is 17.6 Å². The summed E-state index contributed by atoms with van der Waals surface area (Å²) in [5.41, 5.74) is 2.33. The van der Waals surface area contributed by atoms with Crippen molar-refractivity contribution in [2.75, 3.05) is 0 Å². The molecule has 1 heterocycles. The van der Waals surface area contributed by atoms with E-state index in [1.807, 2.05) is 6.33 Å². The molecule has 1 N–H and O–H groups in total. The van der Waals surface area contributed by atoms with Gasteiger partial charge in [-0.15, -0.1) is 0 Å². The van der Waals surface area contributed by atoms with Crippen molar-refractivity contribution in [3.63, 3.8) is 0 Å². The summed E-state index contributed by atoms with van der Waals surface area (Å²) in [5, 5.41) is 9.08. The Balaban J connectivity index is 1.81. The Morgan fingerprint density at radius 3 is 2.78 bits per heavy atom. The van der Waals surface area contributed by atoms with Gasteiger partial charge in [-0.25, -0.2) is 4.98 Å². The maximum absolute atomic E-state index is 11.0. The second-order valence-corrected chi connectivity index (χ2v) is 5.62. The zero-order chi connectivity index (χ0) is 12.5. The number of aliphatic carboxylic acids is 1. The van der Waals surface area contributed by atoms with Crippen molar-refractivity contribution < 1.29 is 9.90 Å². The Hall–Kier alpha value is -1.32. The average molecular weight is 248 g/mol. The van der Waals surface area contributed by atoms with Gasteiger partial charge in [0.05, 0.1) is 17.9 Å². The normalized spacial score (nSPS) is 24.8. The first-order valence-corrected chi connectivity index (χ1v) is 7.03. The van der Waals surface area contributed by atoms with Crippen LogP contribution in [0.4, 0.5) is 0 Å². The SMILES string of the molecule is O=C(O)C1CCc2c(ncn2C2CCCCC2)C1. The third-order valence-corrected chi connectivity index (χ3v) is 4.47. The second kappa shape index (κ2) is 4.75. The van der Waals surface area contributed by atoms with Crippen molar-refractivity contribution in [2.24, 2.45) is 5.92 Å². The lowest BCUT2D eigenvalue weighted by molar-refractivity contribution is -0.142. The number of imidazole rings is 1. The maximum atomic E-state index is 11.0. The van der Waals surface area contributed by atoms with Crippen molar-refractivity contribution in [3.05, 3.63) is 17.7 Å². The van der Waals surface area contributed by atoms with Crippen LogP contribution in [0.5, 0.6) is 0 Å². The van der Waals surface area contributed by atoms with E-state index in [0.717, 1.165) is 18.5 Å². The molecule has 0 bridgehead atoms. The smallest absolute Gasteiger partial charge is 0.306 e. The molecular weight excluding hydrogens is 228 g/mol. The fraction of sp³-hybridized carbons (Fsp3) is 0.714. The van der Waals surface area contributed by atoms with E-state index in [1.54, 1.807) is 0 Å². The number of rotatable bonds is 2. The Bertz CT molecular complexity index is 447. The van der Waals surface area contributed by atoms with Crippen LogP contribution in [0.25, 0.3) is 0 Å². The summed E-state index contributed by atoms with van der Waals surface area (Å²) in [5.74, 6) is -0.903. The Labute approximate surface area is 107 Å². The molecule has 4 heteroatoms. The van der Waals surface area contributed by atoms with E-state index in [2.05, 4.69) is 9.55 Å². The maximum Gasteiger partial charge on any atom is 0.306 e. The zero-order valence-electron chi connectivity index (χ0n) is 10.6. The molecule has 1 aromatic rings. The quantitative estimate of drug-likeness (QED) is 0.875. The minimum absolute atomic E-state index is 0.229. The summed E-state index contributed by atoms with van der Waals surface area (Å²) in [6.07, 6.45) is 10.7. The minimum Gasteiger partial charge on any atom is -0.481 e. The molecular formula is C14H20N2O2. The number of carboxylic acids is 1. The summed E-state index contributed by atoms with van der Waals surface area (Å²) in [6.45, 7) is 0. The second-order valence-electron chi connectivity index (χ2n) is 5.62. The van der Waals surface area contributed by atoms with Crippen LogP contribution in [-0.4, -0.2) is 20.6 Å². The Kier molecular flexibility index (Phi) is 3.10. The molecule has 1 fully saturated rings. The number of carboxylic acid groups (broad SMARTS) is 1. The first-order chi connectivity index (χ1) is 8.75. The van der Waals surface area contributed by atoms with Crippen LogP contribution < -0.4 is 0 Å². The van der Waals surface area contributed by atoms with Crippen molar-refractivity contribution in [2.45, 2.75) is 57.4 Å². The number of hydrogen-bond donors (Lipinski definition) is 1. The van der Waals surface area contributed by atoms with Gasteiger partial charge < -0.3 is 9.67 Å². The lowest BCUT2D eigenvalue weighted by Crippen LogP contribution is -2.24. The van der Waals surface area contributed by atoms with Crippen LogP contribution in [0.3, 0.4) is 0 Å². The largest absolute Gasteiger partial charge is 0.481 e. The molecule has 98 valence electrons. The molecule has 0 aromatic carbocycles. The van der Waals surface area contributed by atoms with Gasteiger partial charge in [0.2, 0.25) is 0 Å². The number of carbonyl (C=O) groups is 1. The fourth-order valence-electron chi connectivity index (χ4n) is 3.40. The van der Waals surface area contributed by atoms with Gasteiger partial charge in [-0.05, 0) is 25.7 Å². The Morgan fingerprint density at radius 2 is 2.06 bits per heavy atom. The van der Waals surface area contributed by atoms with Gasteiger partial charge in [-0.1, -0.05) is 19.3 Å². The molecule has 18 heavy (non-hydrogen) atoms. The molecule has 1 saturated carbocycles. The third-order valence-electron chi connectivity index (χ3n) is 4.47. The predicted octanol–water partition coefficient (Wildman–Crippen LogP) is 2.58. The van der Waals surface area contributed by atoms with Gasteiger partial charge in [0.15, 0.2) is 0 Å². The van der Waals surface area contributed by atoms with E-state index >= 15 is 0 Å². The molecule has 0 radical (unpaired) electrons. The van der Waals surface area contributed by atoms with Crippen LogP contribution in [0.1, 0.15) is 56.0 Å². The van der Waals surface area contributed by atoms with Crippen LogP contribution in [0, 0.1) is 5.92 Å². The monoisotopic (exact) mass is 248 g/mol. The van der Waals surface area contributed by atoms with Crippen LogP contribution >= 0.6 is 0 Å². The van der Waals surface area contributed by atoms with Gasteiger partial charge in [0.1, 0.15) is 0 Å². The molecule has 0 saturated heterocycles. The predicted molar refractivity (Wildman–Crippen MR) is 67.5 cm³/mol. The molecule has 2 aliphatic rings. The van der Waals surface area contributed by atoms with Crippen LogP contribution in [0.15, 0.2) is 6.33 Å². The number of fused-ring (bicyclic) bond motifs is 1. The number of aromatic nitrogens is 2. The van der Waals surface area contributed by atoms with Crippen molar-refractivity contribution in [3.8, 4) is 0 Å². The first-order valence-electron chi connectivity index (χ1n) is 7.03. The highest BCUT2D eigenvalue weighted by Crippen LogP contribution is 2.33. The van der Waals surface area contributed by atoms with Crippen molar-refractivity contribution in [1.29, 1.82) is 0 Å². The van der Waals surface area contributed by atoms with Crippen molar-refractivity contribution >= 4 is 5.97 Å². The standard InChI is InChI=1S/C14H20N2O2/c17-14(18)10-6-7-13-12(8-10)15-9-16(13)11-4-2-1-3-5-11/h9-11H,1-8H2,(H,17,18). The first kappa shape index (κ1) is 11.8. The van der Waals surface area contributed by atoms with E-state index in [1.165, 1.54) is 37.8 Å². The average Bonchev–Trinajstić information content (AvgIpc) is 2.82. The van der Waals surface area contributed by atoms with E-state index in [4.69, 9.17) is 5.11 Å². The molecule has 2 aliphatic carbocycles. The van der Waals surface area contributed by atoms with E-state index in [0.29, 0.717) is 12.5 Å². The summed E-state index contributed by atoms with van der Waals surface area (Å²) >= 11 is 0. The van der Waals surface area contributed by atoms with Crippen molar-refractivity contribution in [1.82, 2.24) is 9.55 Å². The molecule has 0 aliphatic heterocycles. The lowest BCUT2D eigenvalue weighted by atomic mass is 9.89. The highest BCUT2D eigenvalue weighted by molar-refractivity contribution is 5.70. The fourth-order valence-corrected chi connectivity index (χ4v) is 3.40. The summed E-state index contributed by atoms with van der Waals surface area (Å²) in [6, 6.07) is 0.608. The lowest BCUT2D eigenvalue weighted by Gasteiger charge is -2.27. The topological polar surface area (TPSA) is 55.1 Å². The molecule has 4 nitrogen and oxygen atoms in total. The van der Waals surface area contributed by atoms with Gasteiger partial charge in [-0.2, -0.15) is 0 Å². The Morgan fingerprint density at radius 1 is 1.28 bits per heavy atom. The molecule has 1 atom stereocenters. The van der Waals surface area contributed by atoms with E-state index in [-0.39, 0.29) is 5.92 Å². The van der Waals surface area contributed by atoms with Gasteiger partial charge in [0.25, 0.3) is 0 Å². The minimum atomic E-state index is -0.673. The highest BCUT2D eigenvalue weighted by Gasteiger charge is 2.29. The highest BCUT2D eigenvalue weighted by atomic mass is 16.4. The van der Waals surface area contributed by atoms with Crippen LogP contribution in [0.2, 0.25) is 0 Å². The molecule has 1 aromatic heterocycles. The summed E-state index contributed by atoms with van der Waals surface area (Å²) in [7, 11) is 0. The third kappa shape index (κ3) is 2.04. The molecule has 1 unspecified atom stereocenters. The molecule has 0 amide bonds. The zero-order valence-corrected chi connectivity index (χ0v) is 10.6. The van der Waals surface area contributed by atoms with E-state index < -0.39 is 5.97 Å².